The monoisotopic (exact) mass is 585 g/mol. The standard InChI is InChI=1S/C33H35N3O7/c37-27-15-13-25(26-14-16-29(39)35-30(26)27)28(38)19-34-17-5-2-6-18-43-24-11-9-22(10-12-24)31(40)36-20-33(21-36,32(41)42)23-7-3-1-4-8-23/h1,3-4,7-16,28,34,37-38H,2,5-6,17-21H2,(H,35,39)(H,41,42)/t28-/m0/s1. The van der Waals surface area contributed by atoms with E-state index in [0.29, 0.717) is 53.0 Å². The van der Waals surface area contributed by atoms with Gasteiger partial charge in [0.05, 0.1) is 18.2 Å². The third-order valence-corrected chi connectivity index (χ3v) is 7.92. The summed E-state index contributed by atoms with van der Waals surface area (Å²) in [5, 5.41) is 34.3. The van der Waals surface area contributed by atoms with E-state index in [1.54, 1.807) is 65.6 Å². The van der Waals surface area contributed by atoms with Crippen molar-refractivity contribution in [2.24, 2.45) is 0 Å². The van der Waals surface area contributed by atoms with E-state index in [1.807, 2.05) is 6.07 Å². The Hall–Kier alpha value is -4.67. The molecular formula is C33H35N3O7. The largest absolute Gasteiger partial charge is 0.506 e. The van der Waals surface area contributed by atoms with Gasteiger partial charge in [0, 0.05) is 36.7 Å². The van der Waals surface area contributed by atoms with Gasteiger partial charge in [0.15, 0.2) is 0 Å². The first-order valence-electron chi connectivity index (χ1n) is 14.3. The fraction of sp³-hybridized carbons (Fsp3) is 0.303. The summed E-state index contributed by atoms with van der Waals surface area (Å²) in [5.74, 6) is -0.511. The van der Waals surface area contributed by atoms with E-state index in [0.717, 1.165) is 19.3 Å². The molecule has 1 atom stereocenters. The lowest BCUT2D eigenvalue weighted by Crippen LogP contribution is -2.65. The molecule has 5 N–H and O–H groups in total. The summed E-state index contributed by atoms with van der Waals surface area (Å²) in [5.41, 5.74) is 0.738. The number of rotatable bonds is 13. The molecule has 224 valence electrons. The Bertz CT molecular complexity index is 1630. The number of unbranched alkanes of at least 4 members (excludes halogenated alkanes) is 2. The van der Waals surface area contributed by atoms with Crippen LogP contribution in [0.3, 0.4) is 0 Å². The van der Waals surface area contributed by atoms with Crippen LogP contribution in [0.15, 0.2) is 83.7 Å². The fourth-order valence-electron chi connectivity index (χ4n) is 5.44. The molecule has 2 heterocycles. The minimum absolute atomic E-state index is 0.0392. The van der Waals surface area contributed by atoms with Gasteiger partial charge in [0.1, 0.15) is 16.9 Å². The van der Waals surface area contributed by atoms with E-state index in [2.05, 4.69) is 10.3 Å². The number of carbonyl (C=O) groups excluding carboxylic acids is 1. The number of carbonyl (C=O) groups is 2. The summed E-state index contributed by atoms with van der Waals surface area (Å²) in [4.78, 5) is 40.7. The van der Waals surface area contributed by atoms with Gasteiger partial charge in [-0.25, -0.2) is 0 Å². The molecule has 1 saturated heterocycles. The lowest BCUT2D eigenvalue weighted by atomic mass is 9.73. The topological polar surface area (TPSA) is 152 Å². The molecule has 1 aliphatic heterocycles. The minimum atomic E-state index is -1.07. The molecule has 1 aromatic heterocycles. The van der Waals surface area contributed by atoms with Crippen LogP contribution >= 0.6 is 0 Å². The van der Waals surface area contributed by atoms with Gasteiger partial charge in [-0.1, -0.05) is 36.4 Å². The average molecular weight is 586 g/mol. The number of aromatic amines is 1. The van der Waals surface area contributed by atoms with Crippen molar-refractivity contribution in [1.29, 1.82) is 0 Å². The molecule has 10 heteroatoms. The van der Waals surface area contributed by atoms with E-state index < -0.39 is 17.5 Å². The number of H-pyrrole nitrogens is 1. The predicted molar refractivity (Wildman–Crippen MR) is 162 cm³/mol. The van der Waals surface area contributed by atoms with E-state index in [-0.39, 0.29) is 30.3 Å². The number of likely N-dealkylation sites (tertiary alicyclic amines) is 1. The Balaban J connectivity index is 0.995. The molecule has 3 aromatic carbocycles. The summed E-state index contributed by atoms with van der Waals surface area (Å²) in [6.07, 6.45) is 1.86. The first-order valence-corrected chi connectivity index (χ1v) is 14.3. The van der Waals surface area contributed by atoms with Crippen LogP contribution in [0.25, 0.3) is 10.9 Å². The normalized spacial score (nSPS) is 14.7. The summed E-state index contributed by atoms with van der Waals surface area (Å²) < 4.78 is 5.82. The van der Waals surface area contributed by atoms with Gasteiger partial charge in [0.2, 0.25) is 5.56 Å². The molecule has 43 heavy (non-hydrogen) atoms. The number of phenolic OH excluding ortho intramolecular Hbond substituents is 1. The minimum Gasteiger partial charge on any atom is -0.506 e. The highest BCUT2D eigenvalue weighted by atomic mass is 16.5. The highest BCUT2D eigenvalue weighted by Gasteiger charge is 2.52. The SMILES string of the molecule is O=C(c1ccc(OCCCCCNC[C@H](O)c2ccc(O)c3[nH]c(=O)ccc23)cc1)N1CC(C(=O)O)(c2ccccc2)C1. The molecule has 4 aromatic rings. The number of nitrogens with zero attached hydrogens (tertiary/aromatic N) is 1. The number of fused-ring (bicyclic) bond motifs is 1. The van der Waals surface area contributed by atoms with Crippen LogP contribution in [0.1, 0.15) is 46.9 Å². The van der Waals surface area contributed by atoms with E-state index in [9.17, 15) is 29.7 Å². The molecule has 0 unspecified atom stereocenters. The van der Waals surface area contributed by atoms with Crippen LogP contribution in [0.2, 0.25) is 0 Å². The molecule has 1 amide bonds. The smallest absolute Gasteiger partial charge is 0.317 e. The maximum absolute atomic E-state index is 12.9. The Morgan fingerprint density at radius 3 is 2.42 bits per heavy atom. The number of carboxylic acid groups (broad SMARTS) is 1. The Morgan fingerprint density at radius 2 is 1.70 bits per heavy atom. The number of pyridine rings is 1. The third kappa shape index (κ3) is 6.55. The second-order valence-corrected chi connectivity index (χ2v) is 10.9. The van der Waals surface area contributed by atoms with Crippen molar-refractivity contribution in [2.75, 3.05) is 32.8 Å². The molecule has 0 radical (unpaired) electrons. The number of aliphatic carboxylic acids is 1. The van der Waals surface area contributed by atoms with Crippen molar-refractivity contribution < 1.29 is 29.6 Å². The molecule has 1 aliphatic rings. The van der Waals surface area contributed by atoms with Crippen molar-refractivity contribution in [3.63, 3.8) is 0 Å². The number of hydrogen-bond acceptors (Lipinski definition) is 7. The summed E-state index contributed by atoms with van der Waals surface area (Å²) in [7, 11) is 0. The fourth-order valence-corrected chi connectivity index (χ4v) is 5.44. The van der Waals surface area contributed by atoms with E-state index >= 15 is 0 Å². The van der Waals surface area contributed by atoms with Gasteiger partial charge in [-0.15, -0.1) is 0 Å². The highest BCUT2D eigenvalue weighted by Crippen LogP contribution is 2.36. The molecule has 0 aliphatic carbocycles. The number of aromatic hydroxyl groups is 1. The Morgan fingerprint density at radius 1 is 0.953 bits per heavy atom. The summed E-state index contributed by atoms with van der Waals surface area (Å²) >= 11 is 0. The number of hydrogen-bond donors (Lipinski definition) is 5. The van der Waals surface area contributed by atoms with E-state index in [4.69, 9.17) is 4.74 Å². The van der Waals surface area contributed by atoms with Crippen molar-refractivity contribution in [1.82, 2.24) is 15.2 Å². The van der Waals surface area contributed by atoms with Crippen molar-refractivity contribution >= 4 is 22.8 Å². The van der Waals surface area contributed by atoms with Crippen LogP contribution in [0, 0.1) is 0 Å². The first-order chi connectivity index (χ1) is 20.8. The van der Waals surface area contributed by atoms with Crippen LogP contribution in [-0.4, -0.2) is 69.9 Å². The van der Waals surface area contributed by atoms with Gasteiger partial charge in [0.25, 0.3) is 5.91 Å². The number of phenols is 1. The van der Waals surface area contributed by atoms with Crippen LogP contribution in [-0.2, 0) is 10.2 Å². The van der Waals surface area contributed by atoms with Crippen LogP contribution < -0.4 is 15.6 Å². The van der Waals surface area contributed by atoms with Crippen LogP contribution in [0.5, 0.6) is 11.5 Å². The molecule has 0 saturated carbocycles. The molecule has 5 rings (SSSR count). The Labute approximate surface area is 248 Å². The lowest BCUT2D eigenvalue weighted by Gasteiger charge is -2.47. The molecule has 0 bridgehead atoms. The number of aliphatic hydroxyl groups excluding tert-OH is 1. The van der Waals surface area contributed by atoms with Crippen molar-refractivity contribution in [3.05, 3.63) is 106 Å². The van der Waals surface area contributed by atoms with E-state index in [1.165, 1.54) is 12.1 Å². The van der Waals surface area contributed by atoms with Crippen molar-refractivity contribution in [2.45, 2.75) is 30.8 Å². The maximum atomic E-state index is 12.9. The second-order valence-electron chi connectivity index (χ2n) is 10.9. The summed E-state index contributed by atoms with van der Waals surface area (Å²) in [6.45, 7) is 1.84. The van der Waals surface area contributed by atoms with Crippen molar-refractivity contribution in [3.8, 4) is 11.5 Å². The number of amides is 1. The number of benzene rings is 3. The van der Waals surface area contributed by atoms with Crippen LogP contribution in [0.4, 0.5) is 0 Å². The number of aliphatic hydroxyl groups is 1. The zero-order chi connectivity index (χ0) is 30.4. The number of ether oxygens (including phenoxy) is 1. The molecule has 1 fully saturated rings. The highest BCUT2D eigenvalue weighted by molar-refractivity contribution is 5.97. The Kier molecular flexibility index (Phi) is 9.08. The number of nitrogens with one attached hydrogen (secondary N) is 2. The van der Waals surface area contributed by atoms with Gasteiger partial charge in [-0.05, 0) is 73.3 Å². The third-order valence-electron chi connectivity index (χ3n) is 7.92. The number of carboxylic acids is 1. The quantitative estimate of drug-likeness (QED) is 0.149. The molecule has 0 spiro atoms. The predicted octanol–water partition coefficient (Wildman–Crippen LogP) is 3.58. The average Bonchev–Trinajstić information content (AvgIpc) is 2.99. The zero-order valence-electron chi connectivity index (χ0n) is 23.7. The molecule has 10 nitrogen and oxygen atoms in total. The zero-order valence-corrected chi connectivity index (χ0v) is 23.7. The lowest BCUT2D eigenvalue weighted by molar-refractivity contribution is -0.149. The maximum Gasteiger partial charge on any atom is 0.317 e. The summed E-state index contributed by atoms with van der Waals surface area (Å²) in [6, 6.07) is 22.0. The van der Waals surface area contributed by atoms with Gasteiger partial charge >= 0.3 is 5.97 Å². The van der Waals surface area contributed by atoms with Gasteiger partial charge in [-0.3, -0.25) is 14.4 Å². The molecular weight excluding hydrogens is 550 g/mol. The van der Waals surface area contributed by atoms with Gasteiger partial charge in [-0.2, -0.15) is 0 Å². The van der Waals surface area contributed by atoms with Gasteiger partial charge < -0.3 is 35.3 Å². The second kappa shape index (κ2) is 13.1. The first kappa shape index (κ1) is 29.8. The number of aromatic nitrogens is 1.